The number of carbonyl (C=O) groups excluding carboxylic acids is 3. The first-order chi connectivity index (χ1) is 16.8. The van der Waals surface area contributed by atoms with Crippen molar-refractivity contribution in [1.82, 2.24) is 0 Å². The fourth-order valence-electron chi connectivity index (χ4n) is 3.24. The minimum absolute atomic E-state index is 0.210. The summed E-state index contributed by atoms with van der Waals surface area (Å²) in [5.41, 5.74) is 13.6. The highest BCUT2D eigenvalue weighted by Crippen LogP contribution is 2.29. The van der Waals surface area contributed by atoms with E-state index in [4.69, 9.17) is 35.2 Å². The number of nitrogens with two attached hydrogens (primary N) is 2. The van der Waals surface area contributed by atoms with Gasteiger partial charge in [-0.3, -0.25) is 14.4 Å². The van der Waals surface area contributed by atoms with Gasteiger partial charge in [-0.05, 0) is 32.2 Å². The van der Waals surface area contributed by atoms with Crippen LogP contribution < -0.4 is 11.5 Å². The van der Waals surface area contributed by atoms with E-state index in [1.807, 2.05) is 13.8 Å². The summed E-state index contributed by atoms with van der Waals surface area (Å²) in [5.74, 6) is -1.46. The lowest BCUT2D eigenvalue weighted by Crippen LogP contribution is -2.43. The maximum Gasteiger partial charge on any atom is 0.323 e. The van der Waals surface area contributed by atoms with Crippen LogP contribution in [0.4, 0.5) is 0 Å². The van der Waals surface area contributed by atoms with Crippen LogP contribution in [0.5, 0.6) is 0 Å². The first kappa shape index (κ1) is 32.8. The molecule has 1 saturated heterocycles. The molecule has 1 heterocycles. The Morgan fingerprint density at radius 1 is 0.971 bits per heavy atom. The third-order valence-corrected chi connectivity index (χ3v) is 5.17. The molecule has 1 rings (SSSR count). The molecule has 0 aromatic rings. The van der Waals surface area contributed by atoms with Crippen LogP contribution in [-0.4, -0.2) is 68.8 Å². The van der Waals surface area contributed by atoms with E-state index in [2.05, 4.69) is 18.9 Å². The first-order valence-electron chi connectivity index (χ1n) is 12.3. The van der Waals surface area contributed by atoms with E-state index in [-0.39, 0.29) is 19.4 Å². The fraction of sp³-hybridized carbons (Fsp3) is 0.760. The molecule has 35 heavy (non-hydrogen) atoms. The topological polar surface area (TPSA) is 149 Å². The second-order valence-corrected chi connectivity index (χ2v) is 8.17. The number of ether oxygens (including phenoxy) is 5. The predicted octanol–water partition coefficient (Wildman–Crippen LogP) is 2.52. The summed E-state index contributed by atoms with van der Waals surface area (Å²) in [7, 11) is 1.40. The highest BCUT2D eigenvalue weighted by Gasteiger charge is 2.50. The maximum absolute atomic E-state index is 12.3. The molecule has 4 N–H and O–H groups in total. The molecule has 0 aliphatic carbocycles. The highest BCUT2D eigenvalue weighted by atomic mass is 16.7. The largest absolute Gasteiger partial charge is 0.462 e. The summed E-state index contributed by atoms with van der Waals surface area (Å²) in [6, 6.07) is -0.783. The van der Waals surface area contributed by atoms with Crippen molar-refractivity contribution in [2.24, 2.45) is 11.5 Å². The van der Waals surface area contributed by atoms with Crippen LogP contribution >= 0.6 is 0 Å². The number of carbonyl (C=O) groups is 3. The van der Waals surface area contributed by atoms with Crippen LogP contribution in [0.15, 0.2) is 18.9 Å². The van der Waals surface area contributed by atoms with Crippen LogP contribution in [0.25, 0.3) is 0 Å². The summed E-state index contributed by atoms with van der Waals surface area (Å²) in [6.45, 7) is 10.5. The average Bonchev–Trinajstić information content (AvgIpc) is 3.16. The highest BCUT2D eigenvalue weighted by molar-refractivity contribution is 5.75. The minimum Gasteiger partial charge on any atom is -0.462 e. The summed E-state index contributed by atoms with van der Waals surface area (Å²) >= 11 is 0. The Bertz CT molecular complexity index is 651. The fourth-order valence-corrected chi connectivity index (χ4v) is 3.24. The number of rotatable bonds is 16. The van der Waals surface area contributed by atoms with Crippen molar-refractivity contribution in [3.63, 3.8) is 0 Å². The van der Waals surface area contributed by atoms with Gasteiger partial charge in [0.1, 0.15) is 18.8 Å². The van der Waals surface area contributed by atoms with Crippen molar-refractivity contribution in [2.45, 2.75) is 102 Å². The van der Waals surface area contributed by atoms with Crippen molar-refractivity contribution in [3.8, 4) is 0 Å². The van der Waals surface area contributed by atoms with Gasteiger partial charge in [0.2, 0.25) is 0 Å². The molecule has 0 aromatic heterocycles. The summed E-state index contributed by atoms with van der Waals surface area (Å²) < 4.78 is 27.5. The zero-order valence-corrected chi connectivity index (χ0v) is 21.5. The maximum atomic E-state index is 12.3. The van der Waals surface area contributed by atoms with Crippen molar-refractivity contribution in [2.75, 3.05) is 20.3 Å². The van der Waals surface area contributed by atoms with E-state index >= 15 is 0 Å². The first-order valence-corrected chi connectivity index (χ1v) is 12.3. The van der Waals surface area contributed by atoms with Crippen LogP contribution in [0.3, 0.4) is 0 Å². The molecule has 0 aromatic carbocycles. The van der Waals surface area contributed by atoms with E-state index in [1.54, 1.807) is 0 Å². The van der Waals surface area contributed by atoms with Crippen molar-refractivity contribution in [1.29, 1.82) is 0 Å². The van der Waals surface area contributed by atoms with Gasteiger partial charge in [0, 0.05) is 20.0 Å². The summed E-state index contributed by atoms with van der Waals surface area (Å²) in [6.07, 6.45) is 1.67. The number of unbranched alkanes of at least 4 members (excludes halogenated alkanes) is 3. The smallest absolute Gasteiger partial charge is 0.323 e. The Hall–Kier alpha value is -2.23. The SMILES string of the molecule is C=C=C.CCCCC(=O)OC1C(COC(=O)C(N)CCCCN)OC(OC)C1OC(=O)CCCC. The molecule has 5 atom stereocenters. The lowest BCUT2D eigenvalue weighted by atomic mass is 10.1. The third kappa shape index (κ3) is 13.4. The molecule has 1 aliphatic heterocycles. The van der Waals surface area contributed by atoms with Crippen LogP contribution in [0, 0.1) is 0 Å². The van der Waals surface area contributed by atoms with Gasteiger partial charge in [-0.2, -0.15) is 0 Å². The van der Waals surface area contributed by atoms with E-state index in [0.29, 0.717) is 32.2 Å². The van der Waals surface area contributed by atoms with Crippen molar-refractivity contribution in [3.05, 3.63) is 18.9 Å². The molecule has 0 spiro atoms. The number of hydrogen-bond donors (Lipinski definition) is 2. The molecule has 0 radical (unpaired) electrons. The second-order valence-electron chi connectivity index (χ2n) is 8.17. The molecular weight excluding hydrogens is 456 g/mol. The van der Waals surface area contributed by atoms with Crippen molar-refractivity contribution >= 4 is 17.9 Å². The molecule has 0 bridgehead atoms. The van der Waals surface area contributed by atoms with Crippen molar-refractivity contribution < 1.29 is 38.1 Å². The number of hydrogen-bond acceptors (Lipinski definition) is 10. The Kier molecular flexibility index (Phi) is 18.7. The van der Waals surface area contributed by atoms with E-state index < -0.39 is 48.6 Å². The zero-order chi connectivity index (χ0) is 26.6. The molecule has 0 saturated carbocycles. The molecule has 10 nitrogen and oxygen atoms in total. The van der Waals surface area contributed by atoms with Crippen LogP contribution in [0.1, 0.15) is 71.6 Å². The Balaban J connectivity index is 0.00000365. The Labute approximate surface area is 209 Å². The minimum atomic E-state index is -0.962. The molecule has 1 fully saturated rings. The third-order valence-electron chi connectivity index (χ3n) is 5.17. The number of methoxy groups -OCH3 is 1. The Morgan fingerprint density at radius 2 is 1.51 bits per heavy atom. The van der Waals surface area contributed by atoms with Gasteiger partial charge in [0.15, 0.2) is 18.5 Å². The van der Waals surface area contributed by atoms with Gasteiger partial charge in [-0.25, -0.2) is 0 Å². The van der Waals surface area contributed by atoms with Gasteiger partial charge in [-0.1, -0.05) is 46.3 Å². The predicted molar refractivity (Wildman–Crippen MR) is 131 cm³/mol. The quantitative estimate of drug-likeness (QED) is 0.140. The van der Waals surface area contributed by atoms with Gasteiger partial charge < -0.3 is 35.2 Å². The van der Waals surface area contributed by atoms with Gasteiger partial charge in [0.25, 0.3) is 0 Å². The monoisotopic (exact) mass is 500 g/mol. The van der Waals surface area contributed by atoms with E-state index in [9.17, 15) is 14.4 Å². The van der Waals surface area contributed by atoms with Gasteiger partial charge in [0.05, 0.1) is 0 Å². The molecule has 10 heteroatoms. The van der Waals surface area contributed by atoms with Gasteiger partial charge in [-0.15, -0.1) is 5.73 Å². The van der Waals surface area contributed by atoms with E-state index in [0.717, 1.165) is 19.3 Å². The summed E-state index contributed by atoms with van der Waals surface area (Å²) in [5, 5.41) is 0. The normalized spacial score (nSPS) is 21.7. The molecule has 1 aliphatic rings. The molecule has 0 amide bonds. The Morgan fingerprint density at radius 3 is 2.00 bits per heavy atom. The number of esters is 3. The lowest BCUT2D eigenvalue weighted by molar-refractivity contribution is -0.184. The lowest BCUT2D eigenvalue weighted by Gasteiger charge is -2.24. The summed E-state index contributed by atoms with van der Waals surface area (Å²) in [4.78, 5) is 36.8. The zero-order valence-electron chi connectivity index (χ0n) is 21.5. The standard InChI is InChI=1S/C22H40N2O8.C3H4/c1-4-6-11-17(25)31-19-16(14-29-21(27)15(24)10-8-9-13-23)30-22(28-3)20(19)32-18(26)12-7-5-2;1-3-2/h15-16,19-20,22H,4-14,23-24H2,1-3H3;1-2H2. The molecular formula is C25H44N2O8. The molecule has 5 unspecified atom stereocenters. The average molecular weight is 501 g/mol. The van der Waals surface area contributed by atoms with Crippen LogP contribution in [0.2, 0.25) is 0 Å². The molecule has 202 valence electrons. The second kappa shape index (κ2) is 20.0. The van der Waals surface area contributed by atoms with Gasteiger partial charge >= 0.3 is 17.9 Å². The van der Waals surface area contributed by atoms with E-state index in [1.165, 1.54) is 7.11 Å². The van der Waals surface area contributed by atoms with Crippen LogP contribution in [-0.2, 0) is 38.1 Å².